The van der Waals surface area contributed by atoms with Crippen molar-refractivity contribution in [1.82, 2.24) is 25.9 Å². The molecule has 216 valence electrons. The first-order chi connectivity index (χ1) is 19.7. The number of tetrazole rings is 1. The zero-order valence-corrected chi connectivity index (χ0v) is 23.8. The quantitative estimate of drug-likeness (QED) is 0.305. The number of benzene rings is 2. The molecule has 0 amide bonds. The normalized spacial score (nSPS) is 21.5. The van der Waals surface area contributed by atoms with E-state index in [1.165, 1.54) is 5.56 Å². The summed E-state index contributed by atoms with van der Waals surface area (Å²) in [6.45, 7) is 6.81. The van der Waals surface area contributed by atoms with Crippen LogP contribution in [-0.4, -0.2) is 79.8 Å². The van der Waals surface area contributed by atoms with Gasteiger partial charge in [0.1, 0.15) is 18.1 Å². The molecule has 0 unspecified atom stereocenters. The molecule has 0 saturated carbocycles. The molecule has 1 fully saturated rings. The second kappa shape index (κ2) is 13.9. The smallest absolute Gasteiger partial charge is 0.151 e. The Kier molecular flexibility index (Phi) is 9.85. The molecule has 10 heteroatoms. The van der Waals surface area contributed by atoms with Crippen LogP contribution in [0.4, 0.5) is 5.69 Å². The number of fused-ring (bicyclic) bond motifs is 1. The first-order valence-electron chi connectivity index (χ1n) is 14.4. The number of nitrogens with one attached hydrogen (secondary N) is 2. The second-order valence-corrected chi connectivity index (χ2v) is 10.7. The minimum atomic E-state index is 0.0433. The highest BCUT2D eigenvalue weighted by Crippen LogP contribution is 2.36. The molecular formula is C30H42N6O4. The van der Waals surface area contributed by atoms with E-state index in [4.69, 9.17) is 18.9 Å². The summed E-state index contributed by atoms with van der Waals surface area (Å²) in [4.78, 5) is 2.39. The van der Waals surface area contributed by atoms with E-state index >= 15 is 0 Å². The Hall–Kier alpha value is -3.21. The predicted molar refractivity (Wildman–Crippen MR) is 153 cm³/mol. The van der Waals surface area contributed by atoms with Crippen molar-refractivity contribution in [3.05, 3.63) is 59.4 Å². The van der Waals surface area contributed by atoms with E-state index in [9.17, 15) is 0 Å². The number of hydrogen-bond donors (Lipinski definition) is 2. The Morgan fingerprint density at radius 2 is 2.02 bits per heavy atom. The highest BCUT2D eigenvalue weighted by molar-refractivity contribution is 5.61. The van der Waals surface area contributed by atoms with Crippen LogP contribution in [0.5, 0.6) is 11.5 Å². The zero-order valence-electron chi connectivity index (χ0n) is 23.8. The number of methoxy groups -OCH3 is 2. The average molecular weight is 551 g/mol. The molecule has 40 heavy (non-hydrogen) atoms. The maximum atomic E-state index is 6.66. The number of anilines is 1. The van der Waals surface area contributed by atoms with Crippen molar-refractivity contribution >= 4 is 5.69 Å². The van der Waals surface area contributed by atoms with Gasteiger partial charge in [-0.1, -0.05) is 25.1 Å². The molecular weight excluding hydrogens is 508 g/mol. The van der Waals surface area contributed by atoms with Gasteiger partial charge >= 0.3 is 0 Å². The zero-order chi connectivity index (χ0) is 27.7. The van der Waals surface area contributed by atoms with Gasteiger partial charge in [0.05, 0.1) is 32.1 Å². The van der Waals surface area contributed by atoms with Gasteiger partial charge in [-0.05, 0) is 71.5 Å². The van der Waals surface area contributed by atoms with Crippen LogP contribution in [0.2, 0.25) is 0 Å². The van der Waals surface area contributed by atoms with Gasteiger partial charge in [0.15, 0.2) is 5.82 Å². The molecule has 2 aromatic carbocycles. The molecule has 5 rings (SSSR count). The summed E-state index contributed by atoms with van der Waals surface area (Å²) in [6.07, 6.45) is 3.95. The van der Waals surface area contributed by atoms with Gasteiger partial charge < -0.3 is 29.2 Å². The van der Waals surface area contributed by atoms with Gasteiger partial charge in [0.25, 0.3) is 0 Å². The van der Waals surface area contributed by atoms with Gasteiger partial charge in [0, 0.05) is 44.7 Å². The van der Waals surface area contributed by atoms with Crippen molar-refractivity contribution in [2.24, 2.45) is 0 Å². The standard InChI is InChI=1S/C30H42N6O4/c1-4-22(30-32-34-35-33-30)17-24-18-26(23-7-9-25(38-3)10-8-23)29(19-31-24)40-20-21-6-11-28-27(16-21)36(13-15-39-28)12-5-14-37-2/h6-11,16,22,24,26,29,31H,4-5,12-15,17-20H2,1-3H3,(H,32,33,34,35)/t22-,24-,26+,29-/m0/s1. The molecule has 0 spiro atoms. The van der Waals surface area contributed by atoms with Gasteiger partial charge in [-0.2, -0.15) is 0 Å². The molecule has 2 aliphatic heterocycles. The van der Waals surface area contributed by atoms with Crippen LogP contribution in [0, 0.1) is 0 Å². The first kappa shape index (κ1) is 28.3. The largest absolute Gasteiger partial charge is 0.497 e. The molecule has 3 heterocycles. The topological polar surface area (TPSA) is 107 Å². The van der Waals surface area contributed by atoms with E-state index in [2.05, 4.69) is 68.1 Å². The van der Waals surface area contributed by atoms with Crippen molar-refractivity contribution in [1.29, 1.82) is 0 Å². The van der Waals surface area contributed by atoms with Crippen LogP contribution < -0.4 is 19.7 Å². The Bertz CT molecular complexity index is 1180. The molecule has 1 aromatic heterocycles. The van der Waals surface area contributed by atoms with Gasteiger partial charge in [-0.15, -0.1) is 5.10 Å². The number of piperidine rings is 1. The minimum Gasteiger partial charge on any atom is -0.497 e. The Labute approximate surface area is 236 Å². The van der Waals surface area contributed by atoms with E-state index in [0.29, 0.717) is 19.3 Å². The molecule has 1 saturated heterocycles. The SMILES string of the molecule is CC[C@@H](C[C@H]1C[C@H](c2ccc(OC)cc2)[C@@H](OCc2ccc3c(c2)N(CCCOC)CCO3)CN1)c1nnn[nH]1. The molecule has 2 N–H and O–H groups in total. The summed E-state index contributed by atoms with van der Waals surface area (Å²) >= 11 is 0. The van der Waals surface area contributed by atoms with Crippen molar-refractivity contribution < 1.29 is 18.9 Å². The van der Waals surface area contributed by atoms with Crippen molar-refractivity contribution in [3.63, 3.8) is 0 Å². The maximum absolute atomic E-state index is 6.66. The first-order valence-corrected chi connectivity index (χ1v) is 14.4. The van der Waals surface area contributed by atoms with Crippen molar-refractivity contribution in [3.8, 4) is 11.5 Å². The van der Waals surface area contributed by atoms with Crippen molar-refractivity contribution in [2.45, 2.75) is 63.2 Å². The highest BCUT2D eigenvalue weighted by atomic mass is 16.5. The summed E-state index contributed by atoms with van der Waals surface area (Å²) < 4.78 is 23.3. The molecule has 4 atom stereocenters. The number of aromatic nitrogens is 4. The van der Waals surface area contributed by atoms with Crippen LogP contribution in [-0.2, 0) is 16.1 Å². The van der Waals surface area contributed by atoms with Crippen LogP contribution in [0.3, 0.4) is 0 Å². The Morgan fingerprint density at radius 3 is 2.77 bits per heavy atom. The number of nitrogens with zero attached hydrogens (tertiary/aromatic N) is 4. The van der Waals surface area contributed by atoms with Gasteiger partial charge in [-0.25, -0.2) is 5.10 Å². The van der Waals surface area contributed by atoms with E-state index in [0.717, 1.165) is 80.5 Å². The molecule has 2 aliphatic rings. The summed E-state index contributed by atoms with van der Waals surface area (Å²) in [7, 11) is 3.45. The number of hydrogen-bond acceptors (Lipinski definition) is 9. The third-order valence-electron chi connectivity index (χ3n) is 8.17. The van der Waals surface area contributed by atoms with Crippen LogP contribution in [0.1, 0.15) is 61.4 Å². The van der Waals surface area contributed by atoms with E-state index < -0.39 is 0 Å². The highest BCUT2D eigenvalue weighted by Gasteiger charge is 2.34. The van der Waals surface area contributed by atoms with E-state index in [1.54, 1.807) is 14.2 Å². The fourth-order valence-electron chi connectivity index (χ4n) is 5.92. The van der Waals surface area contributed by atoms with E-state index in [-0.39, 0.29) is 17.9 Å². The monoisotopic (exact) mass is 550 g/mol. The lowest BCUT2D eigenvalue weighted by atomic mass is 9.81. The third kappa shape index (κ3) is 6.92. The van der Waals surface area contributed by atoms with Crippen LogP contribution >= 0.6 is 0 Å². The van der Waals surface area contributed by atoms with Crippen molar-refractivity contribution in [2.75, 3.05) is 52.0 Å². The molecule has 0 radical (unpaired) electrons. The summed E-state index contributed by atoms with van der Waals surface area (Å²) in [6, 6.07) is 15.2. The summed E-state index contributed by atoms with van der Waals surface area (Å²) in [5.41, 5.74) is 3.57. The Morgan fingerprint density at radius 1 is 1.15 bits per heavy atom. The second-order valence-electron chi connectivity index (χ2n) is 10.7. The molecule has 3 aromatic rings. The van der Waals surface area contributed by atoms with Gasteiger partial charge in [-0.3, -0.25) is 0 Å². The average Bonchev–Trinajstić information content (AvgIpc) is 3.54. The number of ether oxygens (including phenoxy) is 4. The maximum Gasteiger partial charge on any atom is 0.151 e. The van der Waals surface area contributed by atoms with Gasteiger partial charge in [0.2, 0.25) is 0 Å². The van der Waals surface area contributed by atoms with Crippen LogP contribution in [0.15, 0.2) is 42.5 Å². The summed E-state index contributed by atoms with van der Waals surface area (Å²) in [5.74, 6) is 3.21. The lowest BCUT2D eigenvalue weighted by molar-refractivity contribution is 0.00166. The van der Waals surface area contributed by atoms with Crippen LogP contribution in [0.25, 0.3) is 0 Å². The fraction of sp³-hybridized carbons (Fsp3) is 0.567. The molecule has 10 nitrogen and oxygen atoms in total. The third-order valence-corrected chi connectivity index (χ3v) is 8.17. The molecule has 0 bridgehead atoms. The fourth-order valence-corrected chi connectivity index (χ4v) is 5.92. The number of rotatable bonds is 13. The number of H-pyrrole nitrogens is 1. The Balaban J connectivity index is 1.28. The molecule has 0 aliphatic carbocycles. The summed E-state index contributed by atoms with van der Waals surface area (Å²) in [5, 5.41) is 18.5. The van der Waals surface area contributed by atoms with E-state index in [1.807, 2.05) is 12.1 Å². The minimum absolute atomic E-state index is 0.0433. The lowest BCUT2D eigenvalue weighted by Gasteiger charge is -2.38. The predicted octanol–water partition coefficient (Wildman–Crippen LogP) is 4.06. The lowest BCUT2D eigenvalue weighted by Crippen LogP contribution is -2.47. The number of aromatic amines is 1.